The Bertz CT molecular complexity index is 432. The van der Waals surface area contributed by atoms with Crippen molar-refractivity contribution in [2.45, 2.75) is 0 Å². The molecule has 0 saturated heterocycles. The summed E-state index contributed by atoms with van der Waals surface area (Å²) in [6.07, 6.45) is 1.19. The van der Waals surface area contributed by atoms with E-state index in [1.165, 1.54) is 6.20 Å². The number of Topliss-reactive ketones (excluding diaryl/α,β-unsaturated/α-hetero) is 2. The summed E-state index contributed by atoms with van der Waals surface area (Å²) in [6.45, 7) is 0. The Kier molecular flexibility index (Phi) is 1.52. The first kappa shape index (κ1) is 7.73. The number of hydrogen-bond acceptors (Lipinski definition) is 3. The Morgan fingerprint density at radius 3 is 2.23 bits per heavy atom. The number of ketones is 2. The maximum absolute atomic E-state index is 11.3. The molecular formula is C10H7NO2. The van der Waals surface area contributed by atoms with E-state index in [-0.39, 0.29) is 0 Å². The quantitative estimate of drug-likeness (QED) is 0.465. The van der Waals surface area contributed by atoms with Gasteiger partial charge in [-0.2, -0.15) is 0 Å². The molecule has 0 radical (unpaired) electrons. The van der Waals surface area contributed by atoms with Crippen molar-refractivity contribution in [1.29, 1.82) is 0 Å². The number of benzene rings is 1. The van der Waals surface area contributed by atoms with Crippen LogP contribution in [0, 0.1) is 0 Å². The Morgan fingerprint density at radius 2 is 1.62 bits per heavy atom. The molecule has 1 aromatic carbocycles. The van der Waals surface area contributed by atoms with Crippen LogP contribution in [0.1, 0.15) is 15.9 Å². The summed E-state index contributed by atoms with van der Waals surface area (Å²) >= 11 is 0. The second-order valence-electron chi connectivity index (χ2n) is 2.78. The second kappa shape index (κ2) is 2.55. The summed E-state index contributed by atoms with van der Waals surface area (Å²) < 4.78 is 0. The van der Waals surface area contributed by atoms with Gasteiger partial charge in [-0.25, -0.2) is 0 Å². The lowest BCUT2D eigenvalue weighted by Gasteiger charge is -1.94. The smallest absolute Gasteiger partial charge is 0.235 e. The molecule has 64 valence electrons. The van der Waals surface area contributed by atoms with Crippen molar-refractivity contribution in [1.82, 2.24) is 0 Å². The molecule has 0 amide bonds. The lowest BCUT2D eigenvalue weighted by atomic mass is 10.1. The van der Waals surface area contributed by atoms with E-state index in [4.69, 9.17) is 5.73 Å². The van der Waals surface area contributed by atoms with Gasteiger partial charge in [0, 0.05) is 17.3 Å². The van der Waals surface area contributed by atoms with Gasteiger partial charge in [-0.05, 0) is 5.56 Å². The number of rotatable bonds is 0. The topological polar surface area (TPSA) is 60.2 Å². The van der Waals surface area contributed by atoms with Crippen molar-refractivity contribution >= 4 is 17.1 Å². The van der Waals surface area contributed by atoms with Gasteiger partial charge in [-0.1, -0.05) is 24.3 Å². The predicted molar refractivity (Wildman–Crippen MR) is 47.9 cm³/mol. The van der Waals surface area contributed by atoms with Crippen LogP contribution in [-0.2, 0) is 4.79 Å². The third-order valence-electron chi connectivity index (χ3n) is 2.08. The van der Waals surface area contributed by atoms with Crippen LogP contribution in [0.2, 0.25) is 0 Å². The van der Waals surface area contributed by atoms with E-state index in [9.17, 15) is 9.59 Å². The first-order valence-corrected chi connectivity index (χ1v) is 3.86. The third kappa shape index (κ3) is 0.902. The highest BCUT2D eigenvalue weighted by atomic mass is 16.2. The Hall–Kier alpha value is -1.90. The summed E-state index contributed by atoms with van der Waals surface area (Å²) in [7, 11) is 0. The van der Waals surface area contributed by atoms with Crippen LogP contribution in [-0.4, -0.2) is 11.6 Å². The molecule has 1 aliphatic rings. The Labute approximate surface area is 74.9 Å². The Balaban J connectivity index is 2.74. The highest BCUT2D eigenvalue weighted by molar-refractivity contribution is 6.62. The van der Waals surface area contributed by atoms with Gasteiger partial charge in [0.25, 0.3) is 0 Å². The molecule has 0 spiro atoms. The minimum absolute atomic E-state index is 0.306. The molecule has 2 N–H and O–H groups in total. The molecule has 0 bridgehead atoms. The molecule has 2 rings (SSSR count). The van der Waals surface area contributed by atoms with Crippen LogP contribution < -0.4 is 5.73 Å². The van der Waals surface area contributed by atoms with E-state index in [1.807, 2.05) is 0 Å². The molecule has 0 atom stereocenters. The first-order valence-electron chi connectivity index (χ1n) is 3.86. The summed E-state index contributed by atoms with van der Waals surface area (Å²) in [5, 5.41) is 0. The summed E-state index contributed by atoms with van der Waals surface area (Å²) in [5.41, 5.74) is 6.66. The van der Waals surface area contributed by atoms with Gasteiger partial charge >= 0.3 is 0 Å². The average molecular weight is 173 g/mol. The summed E-state index contributed by atoms with van der Waals surface area (Å²) in [6, 6.07) is 6.85. The third-order valence-corrected chi connectivity index (χ3v) is 2.08. The maximum atomic E-state index is 11.3. The van der Waals surface area contributed by atoms with E-state index < -0.39 is 11.6 Å². The van der Waals surface area contributed by atoms with Crippen molar-refractivity contribution in [2.24, 2.45) is 5.73 Å². The fraction of sp³-hybridized carbons (Fsp3) is 0. The monoisotopic (exact) mass is 173 g/mol. The second-order valence-corrected chi connectivity index (χ2v) is 2.78. The zero-order valence-electron chi connectivity index (χ0n) is 6.78. The molecule has 0 fully saturated rings. The van der Waals surface area contributed by atoms with Crippen LogP contribution in [0.15, 0.2) is 30.5 Å². The van der Waals surface area contributed by atoms with Crippen LogP contribution in [0.4, 0.5) is 0 Å². The molecule has 13 heavy (non-hydrogen) atoms. The molecule has 0 aromatic heterocycles. The van der Waals surface area contributed by atoms with Gasteiger partial charge in [0.1, 0.15) is 0 Å². The van der Waals surface area contributed by atoms with Gasteiger partial charge in [0.05, 0.1) is 0 Å². The van der Waals surface area contributed by atoms with Gasteiger partial charge in [-0.3, -0.25) is 9.59 Å². The van der Waals surface area contributed by atoms with Crippen LogP contribution in [0.5, 0.6) is 0 Å². The number of allylic oxidation sites excluding steroid dienone is 1. The van der Waals surface area contributed by atoms with Crippen LogP contribution in [0.3, 0.4) is 0 Å². The van der Waals surface area contributed by atoms with Crippen LogP contribution in [0.25, 0.3) is 5.57 Å². The van der Waals surface area contributed by atoms with E-state index in [0.29, 0.717) is 16.7 Å². The molecule has 1 aliphatic carbocycles. The standard InChI is InChI=1S/C10H7NO2/c11-5-8-6-3-1-2-4-7(6)9(12)10(8)13/h1-5H,11H2. The highest BCUT2D eigenvalue weighted by Crippen LogP contribution is 2.27. The zero-order valence-corrected chi connectivity index (χ0v) is 6.78. The SMILES string of the molecule is NC=C1C(=O)C(=O)c2ccccc21. The van der Waals surface area contributed by atoms with Gasteiger partial charge in [0.2, 0.25) is 11.6 Å². The van der Waals surface area contributed by atoms with E-state index in [1.54, 1.807) is 24.3 Å². The molecule has 0 unspecified atom stereocenters. The average Bonchev–Trinajstić information content (AvgIpc) is 2.41. The fourth-order valence-corrected chi connectivity index (χ4v) is 1.45. The molecule has 3 heteroatoms. The zero-order chi connectivity index (χ0) is 9.42. The van der Waals surface area contributed by atoms with Crippen LogP contribution >= 0.6 is 0 Å². The number of carbonyl (C=O) groups excluding carboxylic acids is 2. The molecule has 0 saturated carbocycles. The van der Waals surface area contributed by atoms with E-state index in [2.05, 4.69) is 0 Å². The summed E-state index contributed by atoms with van der Waals surface area (Å²) in [5.74, 6) is -0.976. The molecule has 1 aromatic rings. The van der Waals surface area contributed by atoms with E-state index >= 15 is 0 Å². The molecule has 3 nitrogen and oxygen atoms in total. The number of hydrogen-bond donors (Lipinski definition) is 1. The van der Waals surface area contributed by atoms with Gasteiger partial charge in [-0.15, -0.1) is 0 Å². The van der Waals surface area contributed by atoms with Crippen molar-refractivity contribution in [3.8, 4) is 0 Å². The minimum atomic E-state index is -0.510. The first-order chi connectivity index (χ1) is 6.25. The Morgan fingerprint density at radius 1 is 1.00 bits per heavy atom. The molecule has 0 aliphatic heterocycles. The van der Waals surface area contributed by atoms with Gasteiger partial charge in [0.15, 0.2) is 0 Å². The lowest BCUT2D eigenvalue weighted by Crippen LogP contribution is -2.06. The molecule has 0 heterocycles. The highest BCUT2D eigenvalue weighted by Gasteiger charge is 2.32. The van der Waals surface area contributed by atoms with Crippen molar-refractivity contribution in [2.75, 3.05) is 0 Å². The number of carbonyl (C=O) groups is 2. The maximum Gasteiger partial charge on any atom is 0.235 e. The molecular weight excluding hydrogens is 166 g/mol. The largest absolute Gasteiger partial charge is 0.404 e. The van der Waals surface area contributed by atoms with Gasteiger partial charge < -0.3 is 5.73 Å². The predicted octanol–water partition coefficient (Wildman–Crippen LogP) is 0.752. The lowest BCUT2D eigenvalue weighted by molar-refractivity contribution is -0.109. The normalized spacial score (nSPS) is 18.0. The summed E-state index contributed by atoms with van der Waals surface area (Å²) in [4.78, 5) is 22.6. The van der Waals surface area contributed by atoms with E-state index in [0.717, 1.165) is 0 Å². The van der Waals surface area contributed by atoms with Crippen molar-refractivity contribution in [3.05, 3.63) is 41.6 Å². The van der Waals surface area contributed by atoms with Crippen molar-refractivity contribution < 1.29 is 9.59 Å². The fourth-order valence-electron chi connectivity index (χ4n) is 1.45. The minimum Gasteiger partial charge on any atom is -0.404 e. The number of nitrogens with two attached hydrogens (primary N) is 1. The number of fused-ring (bicyclic) bond motifs is 1. The van der Waals surface area contributed by atoms with Crippen molar-refractivity contribution in [3.63, 3.8) is 0 Å².